The number of nitrogens with one attached hydrogen (secondary N) is 3. The number of alkyl halides is 2. The molecular weight excluding hydrogens is 803 g/mol. The predicted molar refractivity (Wildman–Crippen MR) is 230 cm³/mol. The number of aliphatic hydroxyl groups excluding tert-OH is 1. The third kappa shape index (κ3) is 10.8. The molecule has 1 aromatic carbocycles. The van der Waals surface area contributed by atoms with Crippen LogP contribution < -0.4 is 20.9 Å². The maximum Gasteiger partial charge on any atom is 0.318 e. The summed E-state index contributed by atoms with van der Waals surface area (Å²) in [6.07, 6.45) is 1.43. The van der Waals surface area contributed by atoms with Crippen LogP contribution in [0.3, 0.4) is 0 Å². The van der Waals surface area contributed by atoms with Crippen molar-refractivity contribution in [1.29, 1.82) is 10.5 Å². The molecule has 0 aliphatic carbocycles. The number of allylic oxidation sites excluding steroid dienone is 1. The van der Waals surface area contributed by atoms with Crippen molar-refractivity contribution in [1.82, 2.24) is 30.4 Å². The molecule has 14 nitrogen and oxygen atoms in total. The molecule has 0 radical (unpaired) electrons. The van der Waals surface area contributed by atoms with Crippen molar-refractivity contribution in [2.75, 3.05) is 42.9 Å². The van der Waals surface area contributed by atoms with Gasteiger partial charge in [-0.05, 0) is 79.0 Å². The quantitative estimate of drug-likeness (QED) is 0.115. The number of hydrogen-bond donors (Lipinski definition) is 5. The SMILES string of the molecule is C/C(C#N)=C(/S)c1ccc([C@H](C)NC(=O)[C@@H]2C[C@@H](O)CN2C(=O)[C@@H](NC(=O)N2CCC(c3cc(Nc4cc(C#N)ccn4)nc(N4CCC(F)(F)C4)c3)CC2)C(C)(C)C)cc1. The highest BCUT2D eigenvalue weighted by atomic mass is 32.1. The van der Waals surface area contributed by atoms with E-state index in [1.807, 2.05) is 64.1 Å². The third-order valence-corrected chi connectivity index (χ3v) is 12.1. The number of amides is 4. The van der Waals surface area contributed by atoms with Gasteiger partial charge in [-0.2, -0.15) is 10.5 Å². The topological polar surface area (TPSA) is 191 Å². The Hall–Kier alpha value is -5.78. The molecular formula is C44H52F2N10O4S. The molecule has 5 heterocycles. The number of halogens is 2. The number of nitriles is 2. The van der Waals surface area contributed by atoms with Gasteiger partial charge < -0.3 is 35.8 Å². The summed E-state index contributed by atoms with van der Waals surface area (Å²) in [5, 5.41) is 38.3. The van der Waals surface area contributed by atoms with Gasteiger partial charge in [0, 0.05) is 55.7 Å². The van der Waals surface area contributed by atoms with Crippen molar-refractivity contribution in [3.63, 3.8) is 0 Å². The molecule has 3 aromatic rings. The Kier molecular flexibility index (Phi) is 13.5. The Morgan fingerprint density at radius 1 is 1.02 bits per heavy atom. The summed E-state index contributed by atoms with van der Waals surface area (Å²) < 4.78 is 28.6. The molecule has 17 heteroatoms. The maximum atomic E-state index is 14.3. The summed E-state index contributed by atoms with van der Waals surface area (Å²) in [5.74, 6) is -2.59. The average molecular weight is 855 g/mol. The van der Waals surface area contributed by atoms with Gasteiger partial charge in [0.1, 0.15) is 29.5 Å². The number of likely N-dealkylation sites (tertiary alicyclic amines) is 2. The molecule has 4 N–H and O–H groups in total. The highest BCUT2D eigenvalue weighted by Crippen LogP contribution is 2.36. The summed E-state index contributed by atoms with van der Waals surface area (Å²) in [6.45, 7) is 9.31. The van der Waals surface area contributed by atoms with Crippen LogP contribution in [0.2, 0.25) is 0 Å². The van der Waals surface area contributed by atoms with Gasteiger partial charge in [0.2, 0.25) is 11.8 Å². The lowest BCUT2D eigenvalue weighted by Gasteiger charge is -2.38. The lowest BCUT2D eigenvalue weighted by Crippen LogP contribution is -2.60. The van der Waals surface area contributed by atoms with Crippen LogP contribution in [0, 0.1) is 28.1 Å². The molecule has 2 aromatic heterocycles. The fourth-order valence-corrected chi connectivity index (χ4v) is 8.17. The molecule has 3 saturated heterocycles. The number of benzene rings is 1. The van der Waals surface area contributed by atoms with E-state index in [0.717, 1.165) is 16.7 Å². The van der Waals surface area contributed by atoms with E-state index in [0.29, 0.717) is 59.4 Å². The number of aromatic nitrogens is 2. The number of pyridine rings is 2. The molecule has 3 fully saturated rings. The molecule has 6 rings (SSSR count). The average Bonchev–Trinajstić information content (AvgIpc) is 3.82. The predicted octanol–water partition coefficient (Wildman–Crippen LogP) is 6.26. The van der Waals surface area contributed by atoms with Gasteiger partial charge in [-0.3, -0.25) is 9.59 Å². The van der Waals surface area contributed by atoms with E-state index in [9.17, 15) is 38.8 Å². The molecule has 4 amide bonds. The Morgan fingerprint density at radius 3 is 2.34 bits per heavy atom. The molecule has 61 heavy (non-hydrogen) atoms. The van der Waals surface area contributed by atoms with Crippen LogP contribution in [0.5, 0.6) is 0 Å². The number of carbonyl (C=O) groups is 3. The Morgan fingerprint density at radius 2 is 1.72 bits per heavy atom. The number of β-amino-alcohol motifs (C(OH)–C–C–N with tert-alkyl or cyclic N) is 1. The third-order valence-electron chi connectivity index (χ3n) is 11.5. The Labute approximate surface area is 360 Å². The zero-order valence-electron chi connectivity index (χ0n) is 35.0. The first kappa shape index (κ1) is 44.8. The fourth-order valence-electron chi connectivity index (χ4n) is 7.97. The van der Waals surface area contributed by atoms with E-state index < -0.39 is 60.0 Å². The number of thiol groups is 1. The summed E-state index contributed by atoms with van der Waals surface area (Å²) in [7, 11) is 0. The van der Waals surface area contributed by atoms with Gasteiger partial charge in [0.05, 0.1) is 36.4 Å². The van der Waals surface area contributed by atoms with E-state index in [1.54, 1.807) is 28.9 Å². The molecule has 0 saturated carbocycles. The molecule has 0 bridgehead atoms. The number of anilines is 3. The van der Waals surface area contributed by atoms with Crippen LogP contribution in [0.25, 0.3) is 4.91 Å². The van der Waals surface area contributed by atoms with Crippen molar-refractivity contribution in [3.05, 3.63) is 82.6 Å². The highest BCUT2D eigenvalue weighted by Gasteiger charge is 2.45. The van der Waals surface area contributed by atoms with E-state index in [2.05, 4.69) is 50.7 Å². The zero-order chi connectivity index (χ0) is 44.2. The summed E-state index contributed by atoms with van der Waals surface area (Å²) in [5.41, 5.74) is 2.54. The lowest BCUT2D eigenvalue weighted by molar-refractivity contribution is -0.142. The molecule has 3 aliphatic heterocycles. The van der Waals surface area contributed by atoms with Gasteiger partial charge >= 0.3 is 6.03 Å². The largest absolute Gasteiger partial charge is 0.391 e. The van der Waals surface area contributed by atoms with Gasteiger partial charge in [-0.15, -0.1) is 12.6 Å². The number of nitrogens with zero attached hydrogens (tertiary/aromatic N) is 7. The number of aliphatic hydroxyl groups is 1. The number of carbonyl (C=O) groups excluding carboxylic acids is 3. The summed E-state index contributed by atoms with van der Waals surface area (Å²) >= 11 is 4.44. The molecule has 4 atom stereocenters. The first-order valence-electron chi connectivity index (χ1n) is 20.4. The van der Waals surface area contributed by atoms with Crippen LogP contribution in [0.15, 0.2) is 60.3 Å². The highest BCUT2D eigenvalue weighted by molar-refractivity contribution is 7.90. The lowest BCUT2D eigenvalue weighted by atomic mass is 9.85. The minimum atomic E-state index is -2.83. The number of rotatable bonds is 10. The van der Waals surface area contributed by atoms with E-state index in [1.165, 1.54) is 11.1 Å². The number of hydrogen-bond acceptors (Lipinski definition) is 11. The minimum absolute atomic E-state index is 0.0383. The van der Waals surface area contributed by atoms with Crippen LogP contribution >= 0.6 is 12.6 Å². The molecule has 0 spiro atoms. The van der Waals surface area contributed by atoms with Crippen LogP contribution in [0.1, 0.15) is 94.5 Å². The van der Waals surface area contributed by atoms with Crippen molar-refractivity contribution in [2.24, 2.45) is 5.41 Å². The number of piperidine rings is 1. The standard InChI is InChI=1S/C44H52F2N10O4S/c1-26(22-47)38(61)31-8-6-29(7-9-31)27(2)50-40(58)34-21-33(57)24-56(34)41(59)39(43(3,4)5)53-42(60)54-15-11-30(12-16-54)32-19-36(51-35-18-28(23-48)10-14-49-35)52-37(20-32)55-17-13-44(45,46)25-55/h6-10,14,18-20,27,30,33-34,39,57,61H,11-13,15-17,21,24-25H2,1-5H3,(H,50,58)(H,53,60)(H,49,51,52)/b38-26-/t27-,33+,34-,39+/m0/s1. The van der Waals surface area contributed by atoms with Crippen LogP contribution in [-0.2, 0) is 9.59 Å². The molecule has 0 unspecified atom stereocenters. The maximum absolute atomic E-state index is 14.3. The summed E-state index contributed by atoms with van der Waals surface area (Å²) in [4.78, 5) is 55.9. The van der Waals surface area contributed by atoms with Crippen molar-refractivity contribution >= 4 is 52.8 Å². The Bertz CT molecular complexity index is 2250. The van der Waals surface area contributed by atoms with Crippen LogP contribution in [0.4, 0.5) is 31.0 Å². The second-order valence-corrected chi connectivity index (χ2v) is 17.6. The fraction of sp³-hybridized carbons (Fsp3) is 0.477. The van der Waals surface area contributed by atoms with Crippen molar-refractivity contribution in [3.8, 4) is 12.1 Å². The molecule has 322 valence electrons. The number of urea groups is 1. The van der Waals surface area contributed by atoms with Crippen molar-refractivity contribution in [2.45, 2.75) is 96.4 Å². The van der Waals surface area contributed by atoms with Crippen LogP contribution in [-0.4, -0.2) is 99.6 Å². The Balaban J connectivity index is 1.11. The first-order valence-corrected chi connectivity index (χ1v) is 20.8. The smallest absolute Gasteiger partial charge is 0.318 e. The second-order valence-electron chi connectivity index (χ2n) is 17.2. The minimum Gasteiger partial charge on any atom is -0.391 e. The van der Waals surface area contributed by atoms with Gasteiger partial charge in [0.15, 0.2) is 0 Å². The summed E-state index contributed by atoms with van der Waals surface area (Å²) in [6, 6.07) is 15.4. The second kappa shape index (κ2) is 18.5. The monoisotopic (exact) mass is 854 g/mol. The van der Waals surface area contributed by atoms with Gasteiger partial charge in [-0.1, -0.05) is 45.0 Å². The molecule has 3 aliphatic rings. The van der Waals surface area contributed by atoms with Gasteiger partial charge in [-0.25, -0.2) is 23.5 Å². The van der Waals surface area contributed by atoms with E-state index >= 15 is 0 Å². The van der Waals surface area contributed by atoms with Crippen molar-refractivity contribution < 1.29 is 28.3 Å². The zero-order valence-corrected chi connectivity index (χ0v) is 35.8. The van der Waals surface area contributed by atoms with E-state index in [-0.39, 0.29) is 31.8 Å². The first-order chi connectivity index (χ1) is 28.8. The normalized spacial score (nSPS) is 20.5. The van der Waals surface area contributed by atoms with Gasteiger partial charge in [0.25, 0.3) is 5.92 Å². The van der Waals surface area contributed by atoms with E-state index in [4.69, 9.17) is 0 Å².